The minimum Gasteiger partial charge on any atom is -0.490 e. The lowest BCUT2D eigenvalue weighted by molar-refractivity contribution is -0.137. The van der Waals surface area contributed by atoms with E-state index >= 15 is 0 Å². The van der Waals surface area contributed by atoms with Crippen LogP contribution in [0.25, 0.3) is 6.08 Å². The molecule has 0 aliphatic carbocycles. The molecule has 0 saturated carbocycles. The summed E-state index contributed by atoms with van der Waals surface area (Å²) in [6.07, 6.45) is -1.01. The molecule has 1 heterocycles. The number of hydrogen-bond donors (Lipinski definition) is 1. The normalized spacial score (nSPS) is 15.1. The Balaban J connectivity index is 1.73. The molecule has 0 aromatic heterocycles. The number of benzene rings is 2. The molecule has 1 aliphatic rings. The van der Waals surface area contributed by atoms with E-state index in [0.29, 0.717) is 30.3 Å². The van der Waals surface area contributed by atoms with E-state index in [1.807, 2.05) is 32.0 Å². The first-order valence-electron chi connectivity index (χ1n) is 9.79. The highest BCUT2D eigenvalue weighted by molar-refractivity contribution is 5.92. The number of rotatable bonds is 5. The summed E-state index contributed by atoms with van der Waals surface area (Å²) in [4.78, 5) is 12.5. The van der Waals surface area contributed by atoms with Crippen molar-refractivity contribution < 1.29 is 27.4 Å². The van der Waals surface area contributed by atoms with Crippen LogP contribution in [0.3, 0.4) is 0 Å². The Morgan fingerprint density at radius 3 is 2.50 bits per heavy atom. The Hall–Kier alpha value is -2.96. The lowest BCUT2D eigenvalue weighted by atomic mass is 9.95. The maximum atomic E-state index is 12.8. The molecular formula is C23H24F3NO3. The molecule has 1 atom stereocenters. The smallest absolute Gasteiger partial charge is 0.416 e. The summed E-state index contributed by atoms with van der Waals surface area (Å²) < 4.78 is 49.9. The van der Waals surface area contributed by atoms with Gasteiger partial charge in [0, 0.05) is 12.5 Å². The van der Waals surface area contributed by atoms with Crippen molar-refractivity contribution in [3.63, 3.8) is 0 Å². The third-order valence-electron chi connectivity index (χ3n) is 4.74. The molecular weight excluding hydrogens is 395 g/mol. The minimum atomic E-state index is -4.42. The average Bonchev–Trinajstić information content (AvgIpc) is 2.94. The Morgan fingerprint density at radius 1 is 1.07 bits per heavy atom. The van der Waals surface area contributed by atoms with Crippen molar-refractivity contribution in [1.82, 2.24) is 5.32 Å². The molecule has 30 heavy (non-hydrogen) atoms. The number of carbonyl (C=O) groups excluding carboxylic acids is 1. The summed E-state index contributed by atoms with van der Waals surface area (Å²) in [7, 11) is 0. The Kier molecular flexibility index (Phi) is 6.70. The first kappa shape index (κ1) is 21.7. The minimum absolute atomic E-state index is 0.0839. The van der Waals surface area contributed by atoms with E-state index in [1.165, 1.54) is 24.3 Å². The Morgan fingerprint density at radius 2 is 1.80 bits per heavy atom. The van der Waals surface area contributed by atoms with Crippen LogP contribution in [-0.2, 0) is 11.0 Å². The van der Waals surface area contributed by atoms with Crippen LogP contribution in [0.1, 0.15) is 43.0 Å². The zero-order valence-electron chi connectivity index (χ0n) is 16.8. The highest BCUT2D eigenvalue weighted by Crippen LogP contribution is 2.34. The average molecular weight is 419 g/mol. The maximum Gasteiger partial charge on any atom is 0.416 e. The van der Waals surface area contributed by atoms with Gasteiger partial charge in [0.05, 0.1) is 24.8 Å². The van der Waals surface area contributed by atoms with Gasteiger partial charge >= 0.3 is 6.18 Å². The Bertz CT molecular complexity index is 922. The second kappa shape index (κ2) is 9.24. The highest BCUT2D eigenvalue weighted by atomic mass is 19.4. The molecule has 0 radical (unpaired) electrons. The van der Waals surface area contributed by atoms with E-state index in [4.69, 9.17) is 9.47 Å². The molecule has 7 heteroatoms. The van der Waals surface area contributed by atoms with Crippen LogP contribution >= 0.6 is 0 Å². The van der Waals surface area contributed by atoms with Crippen LogP contribution < -0.4 is 14.8 Å². The van der Waals surface area contributed by atoms with Gasteiger partial charge in [-0.2, -0.15) is 13.2 Å². The molecule has 1 unspecified atom stereocenters. The molecule has 0 bridgehead atoms. The van der Waals surface area contributed by atoms with Crippen LogP contribution in [-0.4, -0.2) is 19.1 Å². The summed E-state index contributed by atoms with van der Waals surface area (Å²) in [5, 5.41) is 2.93. The molecule has 3 rings (SSSR count). The molecule has 4 nitrogen and oxygen atoms in total. The first-order valence-corrected chi connectivity index (χ1v) is 9.79. The van der Waals surface area contributed by atoms with Crippen molar-refractivity contribution in [2.24, 2.45) is 5.92 Å². The van der Waals surface area contributed by atoms with Gasteiger partial charge in [-0.15, -0.1) is 0 Å². The number of amides is 1. The van der Waals surface area contributed by atoms with Crippen molar-refractivity contribution >= 4 is 12.0 Å². The van der Waals surface area contributed by atoms with E-state index in [0.717, 1.165) is 24.1 Å². The summed E-state index contributed by atoms with van der Waals surface area (Å²) in [5.41, 5.74) is 0.420. The van der Waals surface area contributed by atoms with Crippen LogP contribution in [0.15, 0.2) is 48.5 Å². The van der Waals surface area contributed by atoms with Crippen LogP contribution in [0.2, 0.25) is 0 Å². The van der Waals surface area contributed by atoms with Crippen molar-refractivity contribution in [3.8, 4) is 11.5 Å². The van der Waals surface area contributed by atoms with E-state index in [1.54, 1.807) is 0 Å². The molecule has 1 amide bonds. The number of hydrogen-bond acceptors (Lipinski definition) is 3. The molecule has 0 spiro atoms. The fraction of sp³-hybridized carbons (Fsp3) is 0.348. The van der Waals surface area contributed by atoms with Crippen molar-refractivity contribution in [2.45, 2.75) is 32.5 Å². The second-order valence-electron chi connectivity index (χ2n) is 7.44. The number of fused-ring (bicyclic) bond motifs is 1. The van der Waals surface area contributed by atoms with Gasteiger partial charge in [0.2, 0.25) is 5.91 Å². The van der Waals surface area contributed by atoms with E-state index in [2.05, 4.69) is 5.32 Å². The summed E-state index contributed by atoms with van der Waals surface area (Å²) in [6.45, 7) is 5.11. The summed E-state index contributed by atoms with van der Waals surface area (Å²) >= 11 is 0. The zero-order valence-corrected chi connectivity index (χ0v) is 16.8. The maximum absolute atomic E-state index is 12.8. The van der Waals surface area contributed by atoms with E-state index in [-0.39, 0.29) is 12.0 Å². The van der Waals surface area contributed by atoms with Gasteiger partial charge in [0.15, 0.2) is 11.5 Å². The van der Waals surface area contributed by atoms with Gasteiger partial charge in [-0.1, -0.05) is 32.0 Å². The van der Waals surface area contributed by atoms with Crippen molar-refractivity contribution in [3.05, 3.63) is 65.2 Å². The van der Waals surface area contributed by atoms with Gasteiger partial charge in [0.25, 0.3) is 0 Å². The monoisotopic (exact) mass is 419 g/mol. The number of nitrogens with one attached hydrogen (secondary N) is 1. The highest BCUT2D eigenvalue weighted by Gasteiger charge is 2.30. The predicted octanol–water partition coefficient (Wildman–Crippen LogP) is 5.39. The van der Waals surface area contributed by atoms with Gasteiger partial charge in [0.1, 0.15) is 0 Å². The quantitative estimate of drug-likeness (QED) is 0.661. The lowest BCUT2D eigenvalue weighted by Crippen LogP contribution is -2.30. The molecule has 0 saturated heterocycles. The van der Waals surface area contributed by atoms with Crippen LogP contribution in [0, 0.1) is 5.92 Å². The van der Waals surface area contributed by atoms with Crippen molar-refractivity contribution in [2.75, 3.05) is 13.2 Å². The van der Waals surface area contributed by atoms with Gasteiger partial charge in [-0.25, -0.2) is 0 Å². The number of halogens is 3. The molecule has 160 valence electrons. The molecule has 2 aromatic carbocycles. The number of carbonyl (C=O) groups is 1. The second-order valence-corrected chi connectivity index (χ2v) is 7.44. The number of ether oxygens (including phenoxy) is 2. The van der Waals surface area contributed by atoms with E-state index < -0.39 is 17.6 Å². The SMILES string of the molecule is CC(C)C(NC(=O)/C=C/c1cccc(C(F)(F)F)c1)c1ccc2c(c1)OCCCO2. The molecule has 1 aliphatic heterocycles. The fourth-order valence-electron chi connectivity index (χ4n) is 3.20. The van der Waals surface area contributed by atoms with Crippen molar-refractivity contribution in [1.29, 1.82) is 0 Å². The lowest BCUT2D eigenvalue weighted by Gasteiger charge is -2.23. The van der Waals surface area contributed by atoms with Gasteiger partial charge in [-0.05, 0) is 47.4 Å². The topological polar surface area (TPSA) is 47.6 Å². The van der Waals surface area contributed by atoms with Gasteiger partial charge < -0.3 is 14.8 Å². The third-order valence-corrected chi connectivity index (χ3v) is 4.74. The predicted molar refractivity (Wildman–Crippen MR) is 108 cm³/mol. The van der Waals surface area contributed by atoms with Crippen LogP contribution in [0.4, 0.5) is 13.2 Å². The molecule has 2 aromatic rings. The Labute approximate surface area is 173 Å². The molecule has 1 N–H and O–H groups in total. The van der Waals surface area contributed by atoms with Gasteiger partial charge in [-0.3, -0.25) is 4.79 Å². The third kappa shape index (κ3) is 5.55. The van der Waals surface area contributed by atoms with Crippen LogP contribution in [0.5, 0.6) is 11.5 Å². The molecule has 0 fully saturated rings. The first-order chi connectivity index (χ1) is 14.2. The largest absolute Gasteiger partial charge is 0.490 e. The fourth-order valence-corrected chi connectivity index (χ4v) is 3.20. The number of alkyl halides is 3. The standard InChI is InChI=1S/C23H24F3NO3/c1-15(2)22(17-8-9-19-20(14-17)30-12-4-11-29-19)27-21(28)10-7-16-5-3-6-18(13-16)23(24,25)26/h3,5-10,13-15,22H,4,11-12H2,1-2H3,(H,27,28)/b10-7+. The van der Waals surface area contributed by atoms with E-state index in [9.17, 15) is 18.0 Å². The summed E-state index contributed by atoms with van der Waals surface area (Å²) in [5.74, 6) is 1.01. The summed E-state index contributed by atoms with van der Waals surface area (Å²) in [6, 6.07) is 10.1. The zero-order chi connectivity index (χ0) is 21.7.